The summed E-state index contributed by atoms with van der Waals surface area (Å²) in [6.07, 6.45) is 2.08. The van der Waals surface area contributed by atoms with Gasteiger partial charge in [-0.05, 0) is 30.7 Å². The molecule has 2 amide bonds. The summed E-state index contributed by atoms with van der Waals surface area (Å²) in [5, 5.41) is 5.01. The summed E-state index contributed by atoms with van der Waals surface area (Å²) < 4.78 is 10.4. The van der Waals surface area contributed by atoms with E-state index in [0.29, 0.717) is 34.4 Å². The molecule has 0 unspecified atom stereocenters. The van der Waals surface area contributed by atoms with Crippen LogP contribution in [-0.4, -0.2) is 37.6 Å². The number of rotatable bonds is 10. The lowest BCUT2D eigenvalue weighted by atomic mass is 10.2. The molecule has 1 N–H and O–H groups in total. The van der Waals surface area contributed by atoms with E-state index >= 15 is 0 Å². The highest BCUT2D eigenvalue weighted by Gasteiger charge is 2.18. The van der Waals surface area contributed by atoms with Gasteiger partial charge in [-0.3, -0.25) is 14.9 Å². The predicted octanol–water partition coefficient (Wildman–Crippen LogP) is 4.79. The third kappa shape index (κ3) is 6.07. The highest BCUT2D eigenvalue weighted by atomic mass is 32.1. The molecule has 1 heterocycles. The molecule has 1 aromatic heterocycles. The molecule has 3 aromatic rings. The second-order valence-electron chi connectivity index (χ2n) is 7.11. The van der Waals surface area contributed by atoms with E-state index in [0.717, 1.165) is 18.5 Å². The predicted molar refractivity (Wildman–Crippen MR) is 127 cm³/mol. The van der Waals surface area contributed by atoms with Crippen molar-refractivity contribution in [1.29, 1.82) is 0 Å². The number of hydrogen-bond donors (Lipinski definition) is 1. The van der Waals surface area contributed by atoms with Crippen LogP contribution in [0.3, 0.4) is 0 Å². The monoisotopic (exact) mass is 453 g/mol. The van der Waals surface area contributed by atoms with Gasteiger partial charge in [0.05, 0.1) is 26.3 Å². The smallest absolute Gasteiger partial charge is 0.257 e. The zero-order chi connectivity index (χ0) is 22.9. The SMILES string of the molecule is CCCCN(C(=O)Cc1csc(NC(=O)c2cc(OC)cc(OC)c2)n1)c1ccccc1. The van der Waals surface area contributed by atoms with Crippen molar-refractivity contribution in [3.05, 3.63) is 65.2 Å². The molecule has 0 radical (unpaired) electrons. The molecule has 0 aliphatic carbocycles. The minimum Gasteiger partial charge on any atom is -0.497 e. The second kappa shape index (κ2) is 11.3. The number of para-hydroxylation sites is 1. The van der Waals surface area contributed by atoms with Crippen LogP contribution in [0.25, 0.3) is 0 Å². The van der Waals surface area contributed by atoms with Crippen LogP contribution < -0.4 is 19.7 Å². The van der Waals surface area contributed by atoms with Gasteiger partial charge in [-0.25, -0.2) is 4.98 Å². The highest BCUT2D eigenvalue weighted by Crippen LogP contribution is 2.24. The third-order valence-electron chi connectivity index (χ3n) is 4.82. The number of nitrogens with zero attached hydrogens (tertiary/aromatic N) is 2. The lowest BCUT2D eigenvalue weighted by Crippen LogP contribution is -2.33. The number of amides is 2. The average molecular weight is 454 g/mol. The van der Waals surface area contributed by atoms with Crippen LogP contribution in [0.2, 0.25) is 0 Å². The second-order valence-corrected chi connectivity index (χ2v) is 7.97. The van der Waals surface area contributed by atoms with Crippen LogP contribution >= 0.6 is 11.3 Å². The Morgan fingerprint density at radius 2 is 1.75 bits per heavy atom. The molecule has 0 bridgehead atoms. The number of nitrogens with one attached hydrogen (secondary N) is 1. The summed E-state index contributed by atoms with van der Waals surface area (Å²) in [4.78, 5) is 31.9. The number of aromatic nitrogens is 1. The van der Waals surface area contributed by atoms with Gasteiger partial charge in [0.25, 0.3) is 5.91 Å². The van der Waals surface area contributed by atoms with Crippen LogP contribution in [0.4, 0.5) is 10.8 Å². The number of unbranched alkanes of at least 4 members (excludes halogenated alkanes) is 1. The lowest BCUT2D eigenvalue weighted by molar-refractivity contribution is -0.118. The first kappa shape index (κ1) is 23.3. The van der Waals surface area contributed by atoms with Gasteiger partial charge in [0.15, 0.2) is 5.13 Å². The number of anilines is 2. The zero-order valence-electron chi connectivity index (χ0n) is 18.5. The Labute approximate surface area is 192 Å². The molecule has 0 saturated heterocycles. The summed E-state index contributed by atoms with van der Waals surface area (Å²) in [7, 11) is 3.06. The third-order valence-corrected chi connectivity index (χ3v) is 5.63. The number of ether oxygens (including phenoxy) is 2. The number of carbonyl (C=O) groups is 2. The van der Waals surface area contributed by atoms with Crippen molar-refractivity contribution in [3.8, 4) is 11.5 Å². The largest absolute Gasteiger partial charge is 0.497 e. The first-order valence-electron chi connectivity index (χ1n) is 10.4. The van der Waals surface area contributed by atoms with E-state index in [1.807, 2.05) is 30.3 Å². The van der Waals surface area contributed by atoms with Gasteiger partial charge >= 0.3 is 0 Å². The minimum atomic E-state index is -0.330. The number of benzene rings is 2. The average Bonchev–Trinajstić information content (AvgIpc) is 3.26. The van der Waals surface area contributed by atoms with E-state index in [-0.39, 0.29) is 18.2 Å². The van der Waals surface area contributed by atoms with Crippen LogP contribution in [0.5, 0.6) is 11.5 Å². The fourth-order valence-electron chi connectivity index (χ4n) is 3.13. The van der Waals surface area contributed by atoms with Gasteiger partial charge < -0.3 is 14.4 Å². The van der Waals surface area contributed by atoms with E-state index in [9.17, 15) is 9.59 Å². The maximum Gasteiger partial charge on any atom is 0.257 e. The number of hydrogen-bond acceptors (Lipinski definition) is 6. The Morgan fingerprint density at radius 3 is 2.38 bits per heavy atom. The molecular formula is C24H27N3O4S. The fourth-order valence-corrected chi connectivity index (χ4v) is 3.83. The van der Waals surface area contributed by atoms with E-state index < -0.39 is 0 Å². The fraction of sp³-hybridized carbons (Fsp3) is 0.292. The Balaban J connectivity index is 1.68. The number of thiazole rings is 1. The normalized spacial score (nSPS) is 10.5. The Kier molecular flexibility index (Phi) is 8.21. The van der Waals surface area contributed by atoms with Crippen molar-refractivity contribution in [2.45, 2.75) is 26.2 Å². The standard InChI is InChI=1S/C24H27N3O4S/c1-4-5-11-27(19-9-7-6-8-10-19)22(28)14-18-16-32-24(25-18)26-23(29)17-12-20(30-2)15-21(13-17)31-3/h6-10,12-13,15-16H,4-5,11,14H2,1-3H3,(H,25,26,29). The minimum absolute atomic E-state index is 0.0228. The maximum atomic E-state index is 13.0. The van der Waals surface area contributed by atoms with Gasteiger partial charge in [-0.15, -0.1) is 11.3 Å². The molecule has 168 valence electrons. The molecular weight excluding hydrogens is 426 g/mol. The summed E-state index contributed by atoms with van der Waals surface area (Å²) in [6.45, 7) is 2.76. The Hall–Kier alpha value is -3.39. The van der Waals surface area contributed by atoms with E-state index in [4.69, 9.17) is 9.47 Å². The van der Waals surface area contributed by atoms with E-state index in [1.54, 1.807) is 28.5 Å². The Morgan fingerprint density at radius 1 is 1.06 bits per heavy atom. The van der Waals surface area contributed by atoms with Crippen LogP contribution in [0.15, 0.2) is 53.9 Å². The molecule has 0 spiro atoms. The first-order valence-corrected chi connectivity index (χ1v) is 11.3. The van der Waals surface area contributed by atoms with Crippen molar-refractivity contribution in [3.63, 3.8) is 0 Å². The molecule has 0 atom stereocenters. The summed E-state index contributed by atoms with van der Waals surface area (Å²) in [5.41, 5.74) is 1.89. The first-order chi connectivity index (χ1) is 15.5. The molecule has 2 aromatic carbocycles. The maximum absolute atomic E-state index is 13.0. The van der Waals surface area contributed by atoms with Gasteiger partial charge in [0, 0.05) is 29.2 Å². The van der Waals surface area contributed by atoms with Crippen molar-refractivity contribution in [2.75, 3.05) is 31.0 Å². The molecule has 32 heavy (non-hydrogen) atoms. The molecule has 7 nitrogen and oxygen atoms in total. The lowest BCUT2D eigenvalue weighted by Gasteiger charge is -2.22. The van der Waals surface area contributed by atoms with Gasteiger partial charge in [-0.2, -0.15) is 0 Å². The van der Waals surface area contributed by atoms with E-state index in [1.165, 1.54) is 25.6 Å². The summed E-state index contributed by atoms with van der Waals surface area (Å²) >= 11 is 1.28. The molecule has 0 aliphatic rings. The van der Waals surface area contributed by atoms with E-state index in [2.05, 4.69) is 17.2 Å². The van der Waals surface area contributed by atoms with Crippen LogP contribution in [0.1, 0.15) is 35.8 Å². The zero-order valence-corrected chi connectivity index (χ0v) is 19.3. The van der Waals surface area contributed by atoms with Crippen LogP contribution in [-0.2, 0) is 11.2 Å². The van der Waals surface area contributed by atoms with Crippen molar-refractivity contribution in [2.24, 2.45) is 0 Å². The van der Waals surface area contributed by atoms with Gasteiger partial charge in [0.1, 0.15) is 11.5 Å². The van der Waals surface area contributed by atoms with Crippen molar-refractivity contribution >= 4 is 34.0 Å². The summed E-state index contributed by atoms with van der Waals surface area (Å²) in [6, 6.07) is 14.6. The van der Waals surface area contributed by atoms with Gasteiger partial charge in [0.2, 0.25) is 5.91 Å². The molecule has 3 rings (SSSR count). The van der Waals surface area contributed by atoms with Crippen LogP contribution in [0, 0.1) is 0 Å². The molecule has 0 aliphatic heterocycles. The quantitative estimate of drug-likeness (QED) is 0.477. The summed E-state index contributed by atoms with van der Waals surface area (Å²) in [5.74, 6) is 0.689. The number of methoxy groups -OCH3 is 2. The molecule has 0 saturated carbocycles. The Bertz CT molecular complexity index is 1030. The number of carbonyl (C=O) groups excluding carboxylic acids is 2. The molecule has 0 fully saturated rings. The van der Waals surface area contributed by atoms with Crippen molar-refractivity contribution in [1.82, 2.24) is 4.98 Å². The van der Waals surface area contributed by atoms with Crippen molar-refractivity contribution < 1.29 is 19.1 Å². The topological polar surface area (TPSA) is 80.8 Å². The van der Waals surface area contributed by atoms with Gasteiger partial charge in [-0.1, -0.05) is 31.5 Å². The highest BCUT2D eigenvalue weighted by molar-refractivity contribution is 7.14. The molecule has 8 heteroatoms.